The summed E-state index contributed by atoms with van der Waals surface area (Å²) in [7, 11) is 0. The molecule has 0 aliphatic heterocycles. The minimum absolute atomic E-state index is 0.0180. The molecule has 0 amide bonds. The highest BCUT2D eigenvalue weighted by Gasteiger charge is 2.29. The van der Waals surface area contributed by atoms with Gasteiger partial charge in [0, 0.05) is 10.5 Å². The highest BCUT2D eigenvalue weighted by Crippen LogP contribution is 2.43. The van der Waals surface area contributed by atoms with Crippen LogP contribution in [0.5, 0.6) is 5.88 Å². The van der Waals surface area contributed by atoms with Gasteiger partial charge in [-0.15, -0.1) is 0 Å². The van der Waals surface area contributed by atoms with Gasteiger partial charge in [-0.1, -0.05) is 39.8 Å². The van der Waals surface area contributed by atoms with Crippen LogP contribution in [0, 0.1) is 17.0 Å². The number of nitro benzene ring substituents is 1. The van der Waals surface area contributed by atoms with Crippen molar-refractivity contribution >= 4 is 39.3 Å². The van der Waals surface area contributed by atoms with Crippen molar-refractivity contribution in [3.05, 3.63) is 74.4 Å². The van der Waals surface area contributed by atoms with Crippen LogP contribution in [-0.4, -0.2) is 20.7 Å². The quantitative estimate of drug-likeness (QED) is 0.248. The molecule has 156 valence electrons. The molecule has 0 N–H and O–H groups in total. The third-order valence-corrected chi connectivity index (χ3v) is 5.91. The van der Waals surface area contributed by atoms with Crippen molar-refractivity contribution < 1.29 is 14.5 Å². The van der Waals surface area contributed by atoms with Crippen molar-refractivity contribution in [2.75, 3.05) is 0 Å². The number of hydrogen-bond acceptors (Lipinski definition) is 6. The predicted octanol–water partition coefficient (Wildman–Crippen LogP) is 5.99. The number of nitrogens with zero attached hydrogens (tertiary/aromatic N) is 3. The molecule has 0 unspecified atom stereocenters. The highest BCUT2D eigenvalue weighted by molar-refractivity contribution is 9.10. The average molecular weight is 490 g/mol. The van der Waals surface area contributed by atoms with Crippen LogP contribution >= 0.6 is 27.7 Å². The van der Waals surface area contributed by atoms with Crippen molar-refractivity contribution in [1.82, 2.24) is 9.78 Å². The monoisotopic (exact) mass is 489 g/mol. The lowest BCUT2D eigenvalue weighted by Crippen LogP contribution is -2.25. The van der Waals surface area contributed by atoms with Crippen LogP contribution in [0.4, 0.5) is 5.69 Å². The Kier molecular flexibility index (Phi) is 6.33. The van der Waals surface area contributed by atoms with Crippen molar-refractivity contribution in [2.24, 2.45) is 0 Å². The zero-order valence-electron chi connectivity index (χ0n) is 16.9. The van der Waals surface area contributed by atoms with Crippen LogP contribution in [0.25, 0.3) is 0 Å². The highest BCUT2D eigenvalue weighted by atomic mass is 79.9. The van der Waals surface area contributed by atoms with Crippen molar-refractivity contribution in [3.8, 4) is 5.88 Å². The summed E-state index contributed by atoms with van der Waals surface area (Å²) in [4.78, 5) is 24.8. The molecule has 0 radical (unpaired) electrons. The Morgan fingerprint density at radius 2 is 1.80 bits per heavy atom. The molecule has 7 nitrogen and oxygen atoms in total. The minimum Gasteiger partial charge on any atom is -0.403 e. The van der Waals surface area contributed by atoms with Crippen LogP contribution in [0.3, 0.4) is 0 Å². The molecular formula is C21H20BrN3O4S. The van der Waals surface area contributed by atoms with E-state index < -0.39 is 16.4 Å². The van der Waals surface area contributed by atoms with E-state index in [1.807, 2.05) is 20.8 Å². The fourth-order valence-corrected chi connectivity index (χ4v) is 3.97. The molecule has 0 atom stereocenters. The number of benzene rings is 2. The van der Waals surface area contributed by atoms with E-state index in [9.17, 15) is 14.9 Å². The number of carbonyl (C=O) groups is 1. The molecule has 0 aliphatic carbocycles. The molecule has 1 heterocycles. The van der Waals surface area contributed by atoms with Gasteiger partial charge in [-0.3, -0.25) is 10.1 Å². The van der Waals surface area contributed by atoms with Crippen LogP contribution in [0.2, 0.25) is 0 Å². The Bertz CT molecular complexity index is 1100. The van der Waals surface area contributed by atoms with E-state index in [1.165, 1.54) is 6.07 Å². The topological polar surface area (TPSA) is 87.3 Å². The molecule has 3 rings (SSSR count). The summed E-state index contributed by atoms with van der Waals surface area (Å²) in [5.74, 6) is -0.270. The Morgan fingerprint density at radius 1 is 1.17 bits per heavy atom. The van der Waals surface area contributed by atoms with E-state index in [4.69, 9.17) is 4.74 Å². The maximum atomic E-state index is 12.8. The Labute approximate surface area is 186 Å². The van der Waals surface area contributed by atoms with Crippen LogP contribution in [0.1, 0.15) is 36.8 Å². The first-order chi connectivity index (χ1) is 14.1. The van der Waals surface area contributed by atoms with Gasteiger partial charge >= 0.3 is 5.97 Å². The van der Waals surface area contributed by atoms with E-state index in [0.29, 0.717) is 21.0 Å². The first-order valence-corrected chi connectivity index (χ1v) is 10.7. The number of aryl methyl sites for hydroxylation is 1. The van der Waals surface area contributed by atoms with Gasteiger partial charge in [-0.2, -0.15) is 5.10 Å². The lowest BCUT2D eigenvalue weighted by Gasteiger charge is -2.22. The normalized spacial score (nSPS) is 11.4. The van der Waals surface area contributed by atoms with E-state index in [-0.39, 0.29) is 11.6 Å². The van der Waals surface area contributed by atoms with Gasteiger partial charge in [0.25, 0.3) is 5.69 Å². The second kappa shape index (κ2) is 8.61. The first kappa shape index (κ1) is 22.0. The van der Waals surface area contributed by atoms with Gasteiger partial charge in [0.15, 0.2) is 0 Å². The molecule has 0 saturated heterocycles. The molecule has 2 aromatic carbocycles. The smallest absolute Gasteiger partial charge is 0.344 e. The summed E-state index contributed by atoms with van der Waals surface area (Å²) in [5.41, 5.74) is 0.517. The summed E-state index contributed by atoms with van der Waals surface area (Å²) in [5, 5.41) is 16.0. The third-order valence-electron chi connectivity index (χ3n) is 4.14. The summed E-state index contributed by atoms with van der Waals surface area (Å²) >= 11 is 4.51. The number of rotatable bonds is 5. The number of para-hydroxylation sites is 1. The third kappa shape index (κ3) is 4.73. The van der Waals surface area contributed by atoms with Gasteiger partial charge in [0.05, 0.1) is 31.5 Å². The van der Waals surface area contributed by atoms with Gasteiger partial charge in [0.2, 0.25) is 5.88 Å². The van der Waals surface area contributed by atoms with Gasteiger partial charge in [0.1, 0.15) is 0 Å². The SMILES string of the molecule is Cc1nn(C(C)(C)C)c(OC(=O)c2ccc(Br)cc2)c1Sc1ccccc1[N+](=O)[O-]. The van der Waals surface area contributed by atoms with E-state index in [1.54, 1.807) is 54.1 Å². The number of esters is 1. The first-order valence-electron chi connectivity index (χ1n) is 9.07. The van der Waals surface area contributed by atoms with Crippen LogP contribution < -0.4 is 4.74 Å². The second-order valence-corrected chi connectivity index (χ2v) is 9.49. The van der Waals surface area contributed by atoms with Crippen molar-refractivity contribution in [3.63, 3.8) is 0 Å². The second-order valence-electron chi connectivity index (χ2n) is 7.53. The van der Waals surface area contributed by atoms with Crippen LogP contribution in [-0.2, 0) is 5.54 Å². The summed E-state index contributed by atoms with van der Waals surface area (Å²) in [6.07, 6.45) is 0. The molecule has 0 fully saturated rings. The maximum absolute atomic E-state index is 12.8. The summed E-state index contributed by atoms with van der Waals surface area (Å²) < 4.78 is 8.26. The number of nitro groups is 1. The molecule has 9 heteroatoms. The molecule has 30 heavy (non-hydrogen) atoms. The molecule has 1 aromatic heterocycles. The lowest BCUT2D eigenvalue weighted by atomic mass is 10.1. The fraction of sp³-hybridized carbons (Fsp3) is 0.238. The average Bonchev–Trinajstić information content (AvgIpc) is 2.98. The molecule has 3 aromatic rings. The number of aromatic nitrogens is 2. The molecule has 0 spiro atoms. The van der Waals surface area contributed by atoms with Crippen molar-refractivity contribution in [2.45, 2.75) is 43.0 Å². The largest absolute Gasteiger partial charge is 0.403 e. The Balaban J connectivity index is 2.06. The standard InChI is InChI=1S/C21H20BrN3O4S/c1-13-18(30-17-8-6-5-7-16(17)25(27)28)19(24(23-13)21(2,3)4)29-20(26)14-9-11-15(22)12-10-14/h5-12H,1-4H3. The zero-order valence-corrected chi connectivity index (χ0v) is 19.3. The van der Waals surface area contributed by atoms with Crippen molar-refractivity contribution in [1.29, 1.82) is 0 Å². The number of ether oxygens (including phenoxy) is 1. The van der Waals surface area contributed by atoms with E-state index in [2.05, 4.69) is 21.0 Å². The Hall–Kier alpha value is -2.65. The molecule has 0 saturated carbocycles. The summed E-state index contributed by atoms with van der Waals surface area (Å²) in [6, 6.07) is 13.3. The van der Waals surface area contributed by atoms with Gasteiger partial charge in [-0.25, -0.2) is 9.48 Å². The van der Waals surface area contributed by atoms with Gasteiger partial charge < -0.3 is 4.74 Å². The number of hydrogen-bond donors (Lipinski definition) is 0. The molecular weight excluding hydrogens is 470 g/mol. The van der Waals surface area contributed by atoms with E-state index >= 15 is 0 Å². The Morgan fingerprint density at radius 3 is 2.40 bits per heavy atom. The predicted molar refractivity (Wildman–Crippen MR) is 118 cm³/mol. The fourth-order valence-electron chi connectivity index (χ4n) is 2.69. The number of halogens is 1. The zero-order chi connectivity index (χ0) is 22.1. The van der Waals surface area contributed by atoms with Crippen LogP contribution in [0.15, 0.2) is 62.8 Å². The minimum atomic E-state index is -0.530. The lowest BCUT2D eigenvalue weighted by molar-refractivity contribution is -0.387. The maximum Gasteiger partial charge on any atom is 0.344 e. The number of carbonyl (C=O) groups excluding carboxylic acids is 1. The summed E-state index contributed by atoms with van der Waals surface area (Å²) in [6.45, 7) is 7.61. The van der Waals surface area contributed by atoms with E-state index in [0.717, 1.165) is 16.2 Å². The molecule has 0 bridgehead atoms. The van der Waals surface area contributed by atoms with Gasteiger partial charge in [-0.05, 0) is 58.0 Å². The molecule has 0 aliphatic rings.